The molecular weight excluding hydrogens is 146 g/mol. The third kappa shape index (κ3) is 1.71. The molecule has 0 radical (unpaired) electrons. The Hall–Kier alpha value is -0.720. The lowest BCUT2D eigenvalue weighted by molar-refractivity contribution is 0.740. The van der Waals surface area contributed by atoms with E-state index < -0.39 is 0 Å². The van der Waals surface area contributed by atoms with Crippen LogP contribution in [0.5, 0.6) is 0 Å². The second kappa shape index (κ2) is 3.34. The van der Waals surface area contributed by atoms with Crippen molar-refractivity contribution in [2.24, 2.45) is 7.05 Å². The van der Waals surface area contributed by atoms with Gasteiger partial charge in [-0.3, -0.25) is 0 Å². The maximum absolute atomic E-state index is 2.31. The van der Waals surface area contributed by atoms with Gasteiger partial charge in [0, 0.05) is 18.9 Å². The van der Waals surface area contributed by atoms with Crippen LogP contribution in [0.25, 0.3) is 0 Å². The number of nitrogens with zero attached hydrogens (tertiary/aromatic N) is 1. The van der Waals surface area contributed by atoms with Gasteiger partial charge in [-0.1, -0.05) is 27.7 Å². The Morgan fingerprint density at radius 2 is 1.67 bits per heavy atom. The number of rotatable bonds is 2. The summed E-state index contributed by atoms with van der Waals surface area (Å²) in [5, 5.41) is 0. The molecule has 0 amide bonds. The van der Waals surface area contributed by atoms with Crippen LogP contribution in [0.1, 0.15) is 50.8 Å². The Labute approximate surface area is 75.4 Å². The van der Waals surface area contributed by atoms with E-state index in [2.05, 4.69) is 51.6 Å². The van der Waals surface area contributed by atoms with E-state index >= 15 is 0 Å². The number of hydrogen-bond donors (Lipinski definition) is 0. The minimum Gasteiger partial charge on any atom is -0.354 e. The molecule has 0 aliphatic heterocycles. The summed E-state index contributed by atoms with van der Waals surface area (Å²) < 4.78 is 2.24. The van der Waals surface area contributed by atoms with E-state index in [1.165, 1.54) is 11.3 Å². The van der Waals surface area contributed by atoms with Crippen molar-refractivity contribution >= 4 is 0 Å². The standard InChI is InChI=1S/C11H19N/c1-8(2)10-6-11(9(3)4)12(5)7-10/h6-9H,1-5H3. The molecule has 1 heteroatoms. The van der Waals surface area contributed by atoms with Crippen molar-refractivity contribution in [2.75, 3.05) is 0 Å². The molecule has 1 aromatic rings. The number of aryl methyl sites for hydroxylation is 1. The van der Waals surface area contributed by atoms with E-state index in [0.717, 1.165) is 0 Å². The van der Waals surface area contributed by atoms with Gasteiger partial charge < -0.3 is 4.57 Å². The van der Waals surface area contributed by atoms with Crippen molar-refractivity contribution < 1.29 is 0 Å². The van der Waals surface area contributed by atoms with Crippen LogP contribution < -0.4 is 0 Å². The summed E-state index contributed by atoms with van der Waals surface area (Å²) in [7, 11) is 2.13. The molecule has 0 aliphatic carbocycles. The third-order valence-electron chi connectivity index (χ3n) is 2.32. The van der Waals surface area contributed by atoms with E-state index in [4.69, 9.17) is 0 Å². The maximum Gasteiger partial charge on any atom is 0.0200 e. The van der Waals surface area contributed by atoms with Gasteiger partial charge in [-0.05, 0) is 23.5 Å². The highest BCUT2D eigenvalue weighted by molar-refractivity contribution is 5.23. The van der Waals surface area contributed by atoms with Gasteiger partial charge in [-0.25, -0.2) is 0 Å². The molecule has 0 aromatic carbocycles. The molecule has 0 saturated heterocycles. The Bertz CT molecular complexity index is 256. The SMILES string of the molecule is CC(C)c1cc(C(C)C)n(C)c1. The fraction of sp³-hybridized carbons (Fsp3) is 0.636. The summed E-state index contributed by atoms with van der Waals surface area (Å²) in [6, 6.07) is 2.31. The first kappa shape index (κ1) is 9.37. The lowest BCUT2D eigenvalue weighted by Crippen LogP contribution is -1.95. The Morgan fingerprint density at radius 1 is 1.08 bits per heavy atom. The summed E-state index contributed by atoms with van der Waals surface area (Å²) in [5.41, 5.74) is 2.87. The first-order chi connectivity index (χ1) is 5.52. The Kier molecular flexibility index (Phi) is 2.61. The average Bonchev–Trinajstić information content (AvgIpc) is 2.30. The van der Waals surface area contributed by atoms with E-state index in [1.807, 2.05) is 0 Å². The van der Waals surface area contributed by atoms with E-state index in [0.29, 0.717) is 11.8 Å². The molecule has 0 aliphatic rings. The van der Waals surface area contributed by atoms with Crippen molar-refractivity contribution in [1.82, 2.24) is 4.57 Å². The fourth-order valence-corrected chi connectivity index (χ4v) is 1.50. The van der Waals surface area contributed by atoms with Crippen molar-refractivity contribution in [3.8, 4) is 0 Å². The summed E-state index contributed by atoms with van der Waals surface area (Å²) in [4.78, 5) is 0. The van der Waals surface area contributed by atoms with Crippen LogP contribution >= 0.6 is 0 Å². The largest absolute Gasteiger partial charge is 0.354 e. The molecular formula is C11H19N. The predicted octanol–water partition coefficient (Wildman–Crippen LogP) is 3.27. The average molecular weight is 165 g/mol. The normalized spacial score (nSPS) is 11.6. The molecule has 0 saturated carbocycles. The Balaban J connectivity index is 3.00. The van der Waals surface area contributed by atoms with Crippen LogP contribution in [-0.4, -0.2) is 4.57 Å². The highest BCUT2D eigenvalue weighted by Crippen LogP contribution is 2.22. The molecule has 0 bridgehead atoms. The lowest BCUT2D eigenvalue weighted by atomic mass is 10.1. The molecule has 0 unspecified atom stereocenters. The van der Waals surface area contributed by atoms with Crippen LogP contribution in [0.2, 0.25) is 0 Å². The topological polar surface area (TPSA) is 4.93 Å². The van der Waals surface area contributed by atoms with E-state index in [-0.39, 0.29) is 0 Å². The van der Waals surface area contributed by atoms with Gasteiger partial charge in [0.05, 0.1) is 0 Å². The molecule has 1 aromatic heterocycles. The van der Waals surface area contributed by atoms with Gasteiger partial charge in [-0.15, -0.1) is 0 Å². The molecule has 0 fully saturated rings. The monoisotopic (exact) mass is 165 g/mol. The van der Waals surface area contributed by atoms with Crippen LogP contribution in [-0.2, 0) is 7.05 Å². The van der Waals surface area contributed by atoms with Crippen LogP contribution in [0.3, 0.4) is 0 Å². The van der Waals surface area contributed by atoms with Crippen molar-refractivity contribution in [2.45, 2.75) is 39.5 Å². The lowest BCUT2D eigenvalue weighted by Gasteiger charge is -2.04. The molecule has 1 nitrogen and oxygen atoms in total. The highest BCUT2D eigenvalue weighted by atomic mass is 14.9. The van der Waals surface area contributed by atoms with Crippen LogP contribution in [0, 0.1) is 0 Å². The zero-order valence-electron chi connectivity index (χ0n) is 8.76. The third-order valence-corrected chi connectivity index (χ3v) is 2.32. The smallest absolute Gasteiger partial charge is 0.0200 e. The second-order valence-corrected chi connectivity index (χ2v) is 4.12. The second-order valence-electron chi connectivity index (χ2n) is 4.12. The quantitative estimate of drug-likeness (QED) is 0.634. The van der Waals surface area contributed by atoms with E-state index in [9.17, 15) is 0 Å². The minimum atomic E-state index is 0.627. The minimum absolute atomic E-state index is 0.627. The maximum atomic E-state index is 2.31. The molecule has 0 spiro atoms. The molecule has 68 valence electrons. The van der Waals surface area contributed by atoms with Gasteiger partial charge in [0.1, 0.15) is 0 Å². The summed E-state index contributed by atoms with van der Waals surface area (Å²) in [5.74, 6) is 1.27. The number of aromatic nitrogens is 1. The van der Waals surface area contributed by atoms with Gasteiger partial charge in [-0.2, -0.15) is 0 Å². The van der Waals surface area contributed by atoms with Gasteiger partial charge in [0.25, 0.3) is 0 Å². The van der Waals surface area contributed by atoms with Crippen molar-refractivity contribution in [1.29, 1.82) is 0 Å². The highest BCUT2D eigenvalue weighted by Gasteiger charge is 2.08. The van der Waals surface area contributed by atoms with Crippen molar-refractivity contribution in [3.05, 3.63) is 23.5 Å². The molecule has 12 heavy (non-hydrogen) atoms. The van der Waals surface area contributed by atoms with Crippen LogP contribution in [0.4, 0.5) is 0 Å². The van der Waals surface area contributed by atoms with Gasteiger partial charge >= 0.3 is 0 Å². The zero-order chi connectivity index (χ0) is 9.30. The molecule has 1 heterocycles. The van der Waals surface area contributed by atoms with Crippen molar-refractivity contribution in [3.63, 3.8) is 0 Å². The summed E-state index contributed by atoms with van der Waals surface area (Å²) >= 11 is 0. The molecule has 1 rings (SSSR count). The van der Waals surface area contributed by atoms with E-state index in [1.54, 1.807) is 0 Å². The summed E-state index contributed by atoms with van der Waals surface area (Å²) in [6.45, 7) is 8.94. The molecule has 0 N–H and O–H groups in total. The predicted molar refractivity (Wildman–Crippen MR) is 53.6 cm³/mol. The first-order valence-corrected chi connectivity index (χ1v) is 4.68. The van der Waals surface area contributed by atoms with Crippen LogP contribution in [0.15, 0.2) is 12.3 Å². The van der Waals surface area contributed by atoms with Gasteiger partial charge in [0.2, 0.25) is 0 Å². The Morgan fingerprint density at radius 3 is 1.92 bits per heavy atom. The first-order valence-electron chi connectivity index (χ1n) is 4.68. The molecule has 0 atom stereocenters. The zero-order valence-corrected chi connectivity index (χ0v) is 8.76. The fourth-order valence-electron chi connectivity index (χ4n) is 1.50. The van der Waals surface area contributed by atoms with Gasteiger partial charge in [0.15, 0.2) is 0 Å². The summed E-state index contributed by atoms with van der Waals surface area (Å²) in [6.07, 6.45) is 2.24. The number of hydrogen-bond acceptors (Lipinski definition) is 0.